The van der Waals surface area contributed by atoms with Crippen LogP contribution < -0.4 is 0 Å². The van der Waals surface area contributed by atoms with E-state index in [0.29, 0.717) is 6.42 Å². The van der Waals surface area contributed by atoms with Gasteiger partial charge in [-0.15, -0.1) is 0 Å². The molecule has 1 aliphatic rings. The van der Waals surface area contributed by atoms with Crippen LogP contribution in [0.5, 0.6) is 0 Å². The van der Waals surface area contributed by atoms with E-state index >= 15 is 0 Å². The second kappa shape index (κ2) is 3.41. The van der Waals surface area contributed by atoms with Crippen molar-refractivity contribution in [3.63, 3.8) is 0 Å². The molecule has 0 amide bonds. The summed E-state index contributed by atoms with van der Waals surface area (Å²) in [4.78, 5) is 0.125. The minimum absolute atomic E-state index is 0.125. The van der Waals surface area contributed by atoms with Crippen molar-refractivity contribution in [3.8, 4) is 0 Å². The first kappa shape index (κ1) is 9.48. The SMILES string of the molecule is CCC1=CC=C(S(=O)(=O)O)CC1. The van der Waals surface area contributed by atoms with Gasteiger partial charge in [-0.05, 0) is 25.3 Å². The second-order valence-electron chi connectivity index (χ2n) is 2.79. The molecule has 1 rings (SSSR count). The van der Waals surface area contributed by atoms with Crippen molar-refractivity contribution in [2.75, 3.05) is 0 Å². The first-order valence-electron chi connectivity index (χ1n) is 3.90. The summed E-state index contributed by atoms with van der Waals surface area (Å²) in [5.41, 5.74) is 1.22. The largest absolute Gasteiger partial charge is 0.290 e. The standard InChI is InChI=1S/C8H12O3S/c1-2-7-3-5-8(6-4-7)12(9,10)11/h3,5H,2,4,6H2,1H3,(H,9,10,11). The number of rotatable bonds is 2. The van der Waals surface area contributed by atoms with Gasteiger partial charge in [0.25, 0.3) is 10.1 Å². The summed E-state index contributed by atoms with van der Waals surface area (Å²) in [6, 6.07) is 0. The zero-order valence-corrected chi connectivity index (χ0v) is 7.76. The van der Waals surface area contributed by atoms with Gasteiger partial charge in [-0.1, -0.05) is 18.6 Å². The van der Waals surface area contributed by atoms with Gasteiger partial charge in [-0.3, -0.25) is 4.55 Å². The molecule has 0 unspecified atom stereocenters. The van der Waals surface area contributed by atoms with Crippen LogP contribution in [0, 0.1) is 0 Å². The summed E-state index contributed by atoms with van der Waals surface area (Å²) in [7, 11) is -3.94. The molecular formula is C8H12O3S. The molecule has 12 heavy (non-hydrogen) atoms. The number of allylic oxidation sites excluding steroid dienone is 4. The molecule has 0 fully saturated rings. The molecule has 0 aliphatic heterocycles. The average molecular weight is 188 g/mol. The highest BCUT2D eigenvalue weighted by Gasteiger charge is 2.15. The van der Waals surface area contributed by atoms with Crippen LogP contribution in [0.3, 0.4) is 0 Å². The third-order valence-electron chi connectivity index (χ3n) is 1.98. The van der Waals surface area contributed by atoms with Crippen LogP contribution >= 0.6 is 0 Å². The first-order chi connectivity index (χ1) is 5.54. The Morgan fingerprint density at radius 2 is 2.08 bits per heavy atom. The van der Waals surface area contributed by atoms with E-state index in [9.17, 15) is 8.42 Å². The van der Waals surface area contributed by atoms with Crippen LogP contribution in [0.25, 0.3) is 0 Å². The van der Waals surface area contributed by atoms with Crippen molar-refractivity contribution in [2.24, 2.45) is 0 Å². The van der Waals surface area contributed by atoms with E-state index in [-0.39, 0.29) is 4.91 Å². The van der Waals surface area contributed by atoms with Gasteiger partial charge in [0.1, 0.15) is 0 Å². The number of hydrogen-bond acceptors (Lipinski definition) is 2. The molecule has 0 aromatic heterocycles. The van der Waals surface area contributed by atoms with Crippen LogP contribution in [0.1, 0.15) is 26.2 Å². The summed E-state index contributed by atoms with van der Waals surface area (Å²) in [6.45, 7) is 2.03. The molecule has 1 N–H and O–H groups in total. The molecule has 1 aliphatic carbocycles. The van der Waals surface area contributed by atoms with Crippen molar-refractivity contribution in [2.45, 2.75) is 26.2 Å². The molecule has 4 heteroatoms. The normalized spacial score (nSPS) is 18.5. The van der Waals surface area contributed by atoms with Crippen molar-refractivity contribution >= 4 is 10.1 Å². The van der Waals surface area contributed by atoms with Gasteiger partial charge in [0.15, 0.2) is 0 Å². The molecule has 0 heterocycles. The quantitative estimate of drug-likeness (QED) is 0.673. The van der Waals surface area contributed by atoms with Crippen molar-refractivity contribution in [1.82, 2.24) is 0 Å². The van der Waals surface area contributed by atoms with Crippen molar-refractivity contribution in [1.29, 1.82) is 0 Å². The third-order valence-corrected chi connectivity index (χ3v) is 2.99. The Morgan fingerprint density at radius 1 is 1.42 bits per heavy atom. The molecule has 0 aromatic carbocycles. The van der Waals surface area contributed by atoms with Gasteiger partial charge in [-0.2, -0.15) is 8.42 Å². The Morgan fingerprint density at radius 3 is 2.42 bits per heavy atom. The summed E-state index contributed by atoms with van der Waals surface area (Å²) in [5, 5.41) is 0. The van der Waals surface area contributed by atoms with E-state index in [1.54, 1.807) is 6.08 Å². The van der Waals surface area contributed by atoms with E-state index in [0.717, 1.165) is 12.8 Å². The Labute approximate surface area is 72.5 Å². The van der Waals surface area contributed by atoms with Gasteiger partial charge in [0.05, 0.1) is 4.91 Å². The molecule has 0 saturated carbocycles. The van der Waals surface area contributed by atoms with E-state index in [1.807, 2.05) is 6.92 Å². The molecule has 0 radical (unpaired) electrons. The van der Waals surface area contributed by atoms with Gasteiger partial charge < -0.3 is 0 Å². The molecule has 0 aromatic rings. The highest BCUT2D eigenvalue weighted by atomic mass is 32.2. The lowest BCUT2D eigenvalue weighted by Crippen LogP contribution is -2.04. The van der Waals surface area contributed by atoms with Crippen LogP contribution in [0.15, 0.2) is 22.6 Å². The minimum Gasteiger partial charge on any atom is -0.282 e. The first-order valence-corrected chi connectivity index (χ1v) is 5.34. The van der Waals surface area contributed by atoms with Crippen LogP contribution in [0.4, 0.5) is 0 Å². The summed E-state index contributed by atoms with van der Waals surface area (Å²) < 4.78 is 30.0. The average Bonchev–Trinajstić information content (AvgIpc) is 2.03. The predicted molar refractivity (Wildman–Crippen MR) is 47.2 cm³/mol. The molecular weight excluding hydrogens is 176 g/mol. The molecule has 0 atom stereocenters. The van der Waals surface area contributed by atoms with Crippen LogP contribution in [-0.2, 0) is 10.1 Å². The monoisotopic (exact) mass is 188 g/mol. The Bertz CT molecular complexity index is 322. The maximum absolute atomic E-state index is 10.6. The lowest BCUT2D eigenvalue weighted by Gasteiger charge is -2.10. The van der Waals surface area contributed by atoms with Crippen molar-refractivity contribution in [3.05, 3.63) is 22.6 Å². The van der Waals surface area contributed by atoms with E-state index in [2.05, 4.69) is 0 Å². The Hall–Kier alpha value is -0.610. The topological polar surface area (TPSA) is 54.4 Å². The highest BCUT2D eigenvalue weighted by molar-refractivity contribution is 7.89. The van der Waals surface area contributed by atoms with Gasteiger partial charge in [-0.25, -0.2) is 0 Å². The van der Waals surface area contributed by atoms with Crippen LogP contribution in [-0.4, -0.2) is 13.0 Å². The molecule has 0 bridgehead atoms. The smallest absolute Gasteiger partial charge is 0.282 e. The van der Waals surface area contributed by atoms with Gasteiger partial charge >= 0.3 is 0 Å². The predicted octanol–water partition coefficient (Wildman–Crippen LogP) is 1.89. The number of hydrogen-bond donors (Lipinski definition) is 1. The zero-order chi connectivity index (χ0) is 9.19. The fraction of sp³-hybridized carbons (Fsp3) is 0.500. The third kappa shape index (κ3) is 2.19. The minimum atomic E-state index is -3.94. The van der Waals surface area contributed by atoms with E-state index in [4.69, 9.17) is 4.55 Å². The summed E-state index contributed by atoms with van der Waals surface area (Å²) in [6.07, 6.45) is 5.36. The fourth-order valence-corrected chi connectivity index (χ4v) is 1.77. The van der Waals surface area contributed by atoms with E-state index < -0.39 is 10.1 Å². The molecule has 68 valence electrons. The van der Waals surface area contributed by atoms with E-state index in [1.165, 1.54) is 11.6 Å². The van der Waals surface area contributed by atoms with Crippen LogP contribution in [0.2, 0.25) is 0 Å². The lowest BCUT2D eigenvalue weighted by molar-refractivity contribution is 0.488. The Kier molecular flexibility index (Phi) is 2.69. The maximum Gasteiger partial charge on any atom is 0.290 e. The maximum atomic E-state index is 10.6. The van der Waals surface area contributed by atoms with Gasteiger partial charge in [0, 0.05) is 0 Å². The second-order valence-corrected chi connectivity index (χ2v) is 4.26. The highest BCUT2D eigenvalue weighted by Crippen LogP contribution is 2.23. The lowest BCUT2D eigenvalue weighted by atomic mass is 10.0. The van der Waals surface area contributed by atoms with Crippen molar-refractivity contribution < 1.29 is 13.0 Å². The molecule has 0 spiro atoms. The zero-order valence-electron chi connectivity index (χ0n) is 6.95. The van der Waals surface area contributed by atoms with Gasteiger partial charge in [0.2, 0.25) is 0 Å². The molecule has 3 nitrogen and oxygen atoms in total. The Balaban J connectivity index is 2.88. The summed E-state index contributed by atoms with van der Waals surface area (Å²) >= 11 is 0. The summed E-state index contributed by atoms with van der Waals surface area (Å²) in [5.74, 6) is 0. The fourth-order valence-electron chi connectivity index (χ4n) is 1.17. The molecule has 0 saturated heterocycles.